The summed E-state index contributed by atoms with van der Waals surface area (Å²) < 4.78 is 0. The zero-order valence-corrected chi connectivity index (χ0v) is 9.93. The Balaban J connectivity index is 1.78. The SMILES string of the molecule is O=C(NC=CC1CCNCC1)c1ccsc1. The minimum atomic E-state index is -0.0218. The number of rotatable bonds is 3. The highest BCUT2D eigenvalue weighted by atomic mass is 32.1. The first-order valence-electron chi connectivity index (χ1n) is 5.57. The van der Waals surface area contributed by atoms with Crippen LogP contribution >= 0.6 is 11.3 Å². The van der Waals surface area contributed by atoms with Crippen LogP contribution in [0.4, 0.5) is 0 Å². The highest BCUT2D eigenvalue weighted by molar-refractivity contribution is 7.08. The van der Waals surface area contributed by atoms with Crippen LogP contribution in [-0.4, -0.2) is 19.0 Å². The van der Waals surface area contributed by atoms with Gasteiger partial charge in [0.25, 0.3) is 5.91 Å². The molecular formula is C12H16N2OS. The van der Waals surface area contributed by atoms with Crippen LogP contribution in [0.1, 0.15) is 23.2 Å². The molecule has 2 rings (SSSR count). The van der Waals surface area contributed by atoms with Gasteiger partial charge in [-0.15, -0.1) is 0 Å². The highest BCUT2D eigenvalue weighted by Crippen LogP contribution is 2.12. The fourth-order valence-corrected chi connectivity index (χ4v) is 2.41. The van der Waals surface area contributed by atoms with E-state index in [1.807, 2.05) is 16.8 Å². The van der Waals surface area contributed by atoms with Gasteiger partial charge in [-0.1, -0.05) is 6.08 Å². The molecule has 0 aromatic carbocycles. The molecule has 16 heavy (non-hydrogen) atoms. The van der Waals surface area contributed by atoms with Crippen molar-refractivity contribution in [3.63, 3.8) is 0 Å². The van der Waals surface area contributed by atoms with E-state index in [-0.39, 0.29) is 5.91 Å². The summed E-state index contributed by atoms with van der Waals surface area (Å²) in [6.07, 6.45) is 6.21. The zero-order chi connectivity index (χ0) is 11.2. The lowest BCUT2D eigenvalue weighted by molar-refractivity contribution is 0.0970. The molecule has 1 aromatic rings. The van der Waals surface area contributed by atoms with Gasteiger partial charge >= 0.3 is 0 Å². The van der Waals surface area contributed by atoms with Crippen LogP contribution < -0.4 is 10.6 Å². The van der Waals surface area contributed by atoms with Crippen molar-refractivity contribution in [2.24, 2.45) is 5.92 Å². The minimum Gasteiger partial charge on any atom is -0.329 e. The van der Waals surface area contributed by atoms with Crippen molar-refractivity contribution >= 4 is 17.2 Å². The molecule has 0 radical (unpaired) electrons. The fourth-order valence-electron chi connectivity index (χ4n) is 1.77. The largest absolute Gasteiger partial charge is 0.329 e. The van der Waals surface area contributed by atoms with Gasteiger partial charge < -0.3 is 10.6 Å². The minimum absolute atomic E-state index is 0.0218. The van der Waals surface area contributed by atoms with Gasteiger partial charge in [-0.25, -0.2) is 0 Å². The molecule has 0 aliphatic carbocycles. The third kappa shape index (κ3) is 3.18. The van der Waals surface area contributed by atoms with Crippen molar-refractivity contribution in [1.29, 1.82) is 0 Å². The van der Waals surface area contributed by atoms with Gasteiger partial charge in [0.2, 0.25) is 0 Å². The molecule has 86 valence electrons. The van der Waals surface area contributed by atoms with E-state index in [9.17, 15) is 4.79 Å². The first-order chi connectivity index (χ1) is 7.86. The Bertz CT molecular complexity index is 353. The first-order valence-corrected chi connectivity index (χ1v) is 6.51. The second-order valence-corrected chi connectivity index (χ2v) is 4.71. The third-order valence-corrected chi connectivity index (χ3v) is 3.43. The molecule has 2 heterocycles. The Kier molecular flexibility index (Phi) is 4.13. The van der Waals surface area contributed by atoms with Crippen LogP contribution in [0.3, 0.4) is 0 Å². The topological polar surface area (TPSA) is 41.1 Å². The van der Waals surface area contributed by atoms with E-state index >= 15 is 0 Å². The molecule has 1 aliphatic heterocycles. The lowest BCUT2D eigenvalue weighted by Crippen LogP contribution is -2.27. The summed E-state index contributed by atoms with van der Waals surface area (Å²) >= 11 is 1.54. The monoisotopic (exact) mass is 236 g/mol. The Morgan fingerprint density at radius 1 is 1.50 bits per heavy atom. The van der Waals surface area contributed by atoms with Gasteiger partial charge in [0.05, 0.1) is 5.56 Å². The average molecular weight is 236 g/mol. The van der Waals surface area contributed by atoms with E-state index in [1.54, 1.807) is 6.20 Å². The second kappa shape index (κ2) is 5.82. The van der Waals surface area contributed by atoms with Crippen molar-refractivity contribution in [1.82, 2.24) is 10.6 Å². The van der Waals surface area contributed by atoms with Gasteiger partial charge in [0, 0.05) is 11.6 Å². The number of amides is 1. The number of carbonyl (C=O) groups is 1. The van der Waals surface area contributed by atoms with Crippen molar-refractivity contribution < 1.29 is 4.79 Å². The molecule has 0 saturated carbocycles. The fraction of sp³-hybridized carbons (Fsp3) is 0.417. The average Bonchev–Trinajstić information content (AvgIpc) is 2.84. The molecule has 1 fully saturated rings. The number of carbonyl (C=O) groups excluding carboxylic acids is 1. The maximum atomic E-state index is 11.6. The van der Waals surface area contributed by atoms with Crippen molar-refractivity contribution in [3.8, 4) is 0 Å². The summed E-state index contributed by atoms with van der Waals surface area (Å²) in [6, 6.07) is 1.83. The first kappa shape index (κ1) is 11.4. The number of allylic oxidation sites excluding steroid dienone is 1. The van der Waals surface area contributed by atoms with E-state index < -0.39 is 0 Å². The van der Waals surface area contributed by atoms with E-state index in [0.717, 1.165) is 31.5 Å². The molecule has 0 unspecified atom stereocenters. The van der Waals surface area contributed by atoms with E-state index in [0.29, 0.717) is 5.92 Å². The van der Waals surface area contributed by atoms with Gasteiger partial charge in [-0.05, 0) is 43.3 Å². The van der Waals surface area contributed by atoms with Crippen LogP contribution in [0.25, 0.3) is 0 Å². The molecular weight excluding hydrogens is 220 g/mol. The van der Waals surface area contributed by atoms with E-state index in [4.69, 9.17) is 0 Å². The summed E-state index contributed by atoms with van der Waals surface area (Å²) in [4.78, 5) is 11.6. The normalized spacial score (nSPS) is 17.8. The molecule has 1 aliphatic rings. The van der Waals surface area contributed by atoms with Crippen molar-refractivity contribution in [3.05, 3.63) is 34.7 Å². The van der Waals surface area contributed by atoms with Crippen LogP contribution in [0.5, 0.6) is 0 Å². The van der Waals surface area contributed by atoms with Gasteiger partial charge in [0.15, 0.2) is 0 Å². The summed E-state index contributed by atoms with van der Waals surface area (Å²) in [6.45, 7) is 2.15. The van der Waals surface area contributed by atoms with Crippen LogP contribution in [0, 0.1) is 5.92 Å². The van der Waals surface area contributed by atoms with Crippen LogP contribution in [-0.2, 0) is 0 Å². The lowest BCUT2D eigenvalue weighted by Gasteiger charge is -2.19. The van der Waals surface area contributed by atoms with E-state index in [2.05, 4.69) is 16.7 Å². The number of nitrogens with one attached hydrogen (secondary N) is 2. The number of hydrogen-bond donors (Lipinski definition) is 2. The predicted molar refractivity (Wildman–Crippen MR) is 66.5 cm³/mol. The summed E-state index contributed by atoms with van der Waals surface area (Å²) in [5.41, 5.74) is 0.736. The van der Waals surface area contributed by atoms with Crippen molar-refractivity contribution in [2.45, 2.75) is 12.8 Å². The van der Waals surface area contributed by atoms with Crippen LogP contribution in [0.2, 0.25) is 0 Å². The number of hydrogen-bond acceptors (Lipinski definition) is 3. The standard InChI is InChI=1S/C12H16N2OS/c15-12(11-4-8-16-9-11)14-7-3-10-1-5-13-6-2-10/h3-4,7-10,13H,1-2,5-6H2,(H,14,15). The second-order valence-electron chi connectivity index (χ2n) is 3.93. The zero-order valence-electron chi connectivity index (χ0n) is 9.11. The predicted octanol–water partition coefficient (Wildman–Crippen LogP) is 1.99. The van der Waals surface area contributed by atoms with Crippen molar-refractivity contribution in [2.75, 3.05) is 13.1 Å². The van der Waals surface area contributed by atoms with E-state index in [1.165, 1.54) is 11.3 Å². The molecule has 3 nitrogen and oxygen atoms in total. The molecule has 0 spiro atoms. The van der Waals surface area contributed by atoms with Crippen LogP contribution in [0.15, 0.2) is 29.1 Å². The summed E-state index contributed by atoms with van der Waals surface area (Å²) in [5, 5.41) is 9.88. The van der Waals surface area contributed by atoms with Gasteiger partial charge in [-0.3, -0.25) is 4.79 Å². The Hall–Kier alpha value is -1.13. The molecule has 0 bridgehead atoms. The molecule has 0 atom stereocenters. The third-order valence-electron chi connectivity index (χ3n) is 2.75. The molecule has 1 amide bonds. The Morgan fingerprint density at radius 3 is 3.00 bits per heavy atom. The molecule has 2 N–H and O–H groups in total. The van der Waals surface area contributed by atoms with Gasteiger partial charge in [-0.2, -0.15) is 11.3 Å². The number of piperidine rings is 1. The smallest absolute Gasteiger partial charge is 0.256 e. The van der Waals surface area contributed by atoms with Gasteiger partial charge in [0.1, 0.15) is 0 Å². The maximum absolute atomic E-state index is 11.6. The molecule has 1 aromatic heterocycles. The Labute approximate surface area is 99.6 Å². The Morgan fingerprint density at radius 2 is 2.31 bits per heavy atom. The quantitative estimate of drug-likeness (QED) is 0.842. The number of thiophene rings is 1. The summed E-state index contributed by atoms with van der Waals surface area (Å²) in [7, 11) is 0. The molecule has 4 heteroatoms. The highest BCUT2D eigenvalue weighted by Gasteiger charge is 2.09. The molecule has 1 saturated heterocycles. The summed E-state index contributed by atoms with van der Waals surface area (Å²) in [5.74, 6) is 0.579. The lowest BCUT2D eigenvalue weighted by atomic mass is 9.98. The maximum Gasteiger partial charge on any atom is 0.256 e.